The summed E-state index contributed by atoms with van der Waals surface area (Å²) in [5.74, 6) is -0.722. The van der Waals surface area contributed by atoms with Gasteiger partial charge in [0.25, 0.3) is 0 Å². The second-order valence-corrected chi connectivity index (χ2v) is 7.11. The van der Waals surface area contributed by atoms with Gasteiger partial charge in [-0.2, -0.15) is 0 Å². The van der Waals surface area contributed by atoms with Crippen molar-refractivity contribution in [2.24, 2.45) is 11.3 Å². The van der Waals surface area contributed by atoms with E-state index in [1.54, 1.807) is 43.0 Å². The van der Waals surface area contributed by atoms with Crippen LogP contribution in [0.3, 0.4) is 0 Å². The Morgan fingerprint density at radius 1 is 1.24 bits per heavy atom. The lowest BCUT2D eigenvalue weighted by Gasteiger charge is -2.36. The molecular formula is C19H26N2O4. The number of rotatable bonds is 4. The van der Waals surface area contributed by atoms with Gasteiger partial charge in [0.1, 0.15) is 5.41 Å². The van der Waals surface area contributed by atoms with Crippen LogP contribution in [0.1, 0.15) is 44.0 Å². The number of nitrogens with one attached hydrogen (secondary N) is 1. The van der Waals surface area contributed by atoms with E-state index in [1.807, 2.05) is 0 Å². The van der Waals surface area contributed by atoms with Crippen molar-refractivity contribution in [2.45, 2.75) is 33.6 Å². The van der Waals surface area contributed by atoms with Crippen LogP contribution in [0, 0.1) is 11.3 Å². The molecule has 136 valence electrons. The van der Waals surface area contributed by atoms with Gasteiger partial charge in [0, 0.05) is 13.1 Å². The second kappa shape index (κ2) is 7.68. The van der Waals surface area contributed by atoms with Crippen LogP contribution in [0.4, 0.5) is 5.69 Å². The van der Waals surface area contributed by atoms with Crippen molar-refractivity contribution in [3.8, 4) is 0 Å². The van der Waals surface area contributed by atoms with E-state index in [0.29, 0.717) is 24.7 Å². The third-order valence-corrected chi connectivity index (χ3v) is 4.63. The topological polar surface area (TPSA) is 75.7 Å². The quantitative estimate of drug-likeness (QED) is 0.672. The number of likely N-dealkylation sites (tertiary alicyclic amines) is 1. The molecule has 1 heterocycles. The van der Waals surface area contributed by atoms with Crippen molar-refractivity contribution in [1.82, 2.24) is 4.90 Å². The Morgan fingerprint density at radius 2 is 1.92 bits per heavy atom. The molecule has 0 bridgehead atoms. The summed E-state index contributed by atoms with van der Waals surface area (Å²) in [5, 5.41) is 2.71. The number of anilines is 1. The summed E-state index contributed by atoms with van der Waals surface area (Å²) >= 11 is 0. The third-order valence-electron chi connectivity index (χ3n) is 4.63. The molecule has 6 nitrogen and oxygen atoms in total. The van der Waals surface area contributed by atoms with E-state index in [1.165, 1.54) is 7.11 Å². The van der Waals surface area contributed by atoms with E-state index >= 15 is 0 Å². The maximum absolute atomic E-state index is 12.8. The fraction of sp³-hybridized carbons (Fsp3) is 0.526. The van der Waals surface area contributed by atoms with Crippen molar-refractivity contribution >= 4 is 23.5 Å². The Morgan fingerprint density at radius 3 is 2.56 bits per heavy atom. The number of nitrogens with zero attached hydrogens (tertiary/aromatic N) is 1. The molecule has 0 aliphatic carbocycles. The smallest absolute Gasteiger partial charge is 0.339 e. The highest BCUT2D eigenvalue weighted by atomic mass is 16.5. The van der Waals surface area contributed by atoms with Gasteiger partial charge in [0.05, 0.1) is 18.4 Å². The first-order chi connectivity index (χ1) is 11.8. The predicted octanol–water partition coefficient (Wildman–Crippen LogP) is 2.70. The number of para-hydroxylation sites is 1. The van der Waals surface area contributed by atoms with Crippen molar-refractivity contribution in [3.63, 3.8) is 0 Å². The zero-order valence-corrected chi connectivity index (χ0v) is 15.3. The number of esters is 1. The molecule has 1 aromatic rings. The molecule has 0 saturated carbocycles. The van der Waals surface area contributed by atoms with Gasteiger partial charge in [-0.25, -0.2) is 4.79 Å². The standard InChI is InChI=1S/C19H26N2O4/c1-13-8-7-11-21(12-13)18(24)19(2,3)17(23)20-15-10-6-5-9-14(15)16(22)25-4/h5-6,9-10,13H,7-8,11-12H2,1-4H3,(H,20,23). The van der Waals surface area contributed by atoms with E-state index in [2.05, 4.69) is 12.2 Å². The highest BCUT2D eigenvalue weighted by Gasteiger charge is 2.40. The molecule has 1 aromatic carbocycles. The number of carbonyl (C=O) groups excluding carboxylic acids is 3. The number of hydrogen-bond acceptors (Lipinski definition) is 4. The largest absolute Gasteiger partial charge is 0.465 e. The molecule has 0 radical (unpaired) electrons. The van der Waals surface area contributed by atoms with Crippen LogP contribution in [0.2, 0.25) is 0 Å². The first kappa shape index (κ1) is 19.0. The second-order valence-electron chi connectivity index (χ2n) is 7.11. The molecule has 6 heteroatoms. The third kappa shape index (κ3) is 4.18. The van der Waals surface area contributed by atoms with Crippen LogP contribution in [0.5, 0.6) is 0 Å². The van der Waals surface area contributed by atoms with E-state index in [-0.39, 0.29) is 11.5 Å². The summed E-state index contributed by atoms with van der Waals surface area (Å²) in [6.45, 7) is 6.70. The normalized spacial score (nSPS) is 17.8. The maximum Gasteiger partial charge on any atom is 0.339 e. The molecule has 1 fully saturated rings. The molecule has 1 unspecified atom stereocenters. The van der Waals surface area contributed by atoms with Crippen molar-refractivity contribution < 1.29 is 19.1 Å². The average molecular weight is 346 g/mol. The van der Waals surface area contributed by atoms with Gasteiger partial charge in [-0.3, -0.25) is 9.59 Å². The molecule has 0 aromatic heterocycles. The molecule has 1 aliphatic heterocycles. The predicted molar refractivity (Wildman–Crippen MR) is 95.2 cm³/mol. The first-order valence-corrected chi connectivity index (χ1v) is 8.55. The molecule has 1 aliphatic rings. The van der Waals surface area contributed by atoms with E-state index in [0.717, 1.165) is 12.8 Å². The number of ether oxygens (including phenoxy) is 1. The van der Waals surface area contributed by atoms with Crippen LogP contribution in [-0.2, 0) is 14.3 Å². The molecule has 1 saturated heterocycles. The van der Waals surface area contributed by atoms with Gasteiger partial charge in [0.2, 0.25) is 11.8 Å². The average Bonchev–Trinajstić information content (AvgIpc) is 2.60. The minimum Gasteiger partial charge on any atom is -0.465 e. The zero-order chi connectivity index (χ0) is 18.6. The SMILES string of the molecule is COC(=O)c1ccccc1NC(=O)C(C)(C)C(=O)N1CCCC(C)C1. The molecule has 1 atom stereocenters. The highest BCUT2D eigenvalue weighted by Crippen LogP contribution is 2.26. The van der Waals surface area contributed by atoms with Crippen molar-refractivity contribution in [3.05, 3.63) is 29.8 Å². The number of piperidine rings is 1. The Kier molecular flexibility index (Phi) is 5.82. The van der Waals surface area contributed by atoms with Gasteiger partial charge < -0.3 is 15.0 Å². The van der Waals surface area contributed by atoms with Gasteiger partial charge >= 0.3 is 5.97 Å². The lowest BCUT2D eigenvalue weighted by atomic mass is 9.88. The molecule has 2 rings (SSSR count). The number of hydrogen-bond donors (Lipinski definition) is 1. The van der Waals surface area contributed by atoms with Gasteiger partial charge in [0.15, 0.2) is 0 Å². The first-order valence-electron chi connectivity index (χ1n) is 8.55. The van der Waals surface area contributed by atoms with Crippen LogP contribution < -0.4 is 5.32 Å². The molecule has 2 amide bonds. The summed E-state index contributed by atoms with van der Waals surface area (Å²) < 4.78 is 4.73. The minimum atomic E-state index is -1.22. The summed E-state index contributed by atoms with van der Waals surface area (Å²) in [6.07, 6.45) is 2.05. The van der Waals surface area contributed by atoms with Crippen LogP contribution in [0.15, 0.2) is 24.3 Å². The number of carbonyl (C=O) groups is 3. The molecular weight excluding hydrogens is 320 g/mol. The Hall–Kier alpha value is -2.37. The zero-order valence-electron chi connectivity index (χ0n) is 15.3. The minimum absolute atomic E-state index is 0.188. The van der Waals surface area contributed by atoms with Crippen LogP contribution in [0.25, 0.3) is 0 Å². The lowest BCUT2D eigenvalue weighted by Crippen LogP contribution is -2.50. The fourth-order valence-electron chi connectivity index (χ4n) is 3.02. The summed E-state index contributed by atoms with van der Waals surface area (Å²) in [6, 6.07) is 6.59. The van der Waals surface area contributed by atoms with E-state index < -0.39 is 17.3 Å². The van der Waals surface area contributed by atoms with E-state index in [4.69, 9.17) is 4.74 Å². The highest BCUT2D eigenvalue weighted by molar-refractivity contribution is 6.11. The molecule has 1 N–H and O–H groups in total. The Bertz CT molecular complexity index is 669. The number of methoxy groups -OCH3 is 1. The van der Waals surface area contributed by atoms with Crippen molar-refractivity contribution in [1.29, 1.82) is 0 Å². The Balaban J connectivity index is 2.16. The molecule has 25 heavy (non-hydrogen) atoms. The fourth-order valence-corrected chi connectivity index (χ4v) is 3.02. The summed E-state index contributed by atoms with van der Waals surface area (Å²) in [5.41, 5.74) is -0.624. The Labute approximate surface area is 148 Å². The summed E-state index contributed by atoms with van der Waals surface area (Å²) in [7, 11) is 1.28. The van der Waals surface area contributed by atoms with Gasteiger partial charge in [-0.15, -0.1) is 0 Å². The van der Waals surface area contributed by atoms with Crippen molar-refractivity contribution in [2.75, 3.05) is 25.5 Å². The lowest BCUT2D eigenvalue weighted by molar-refractivity contribution is -0.147. The van der Waals surface area contributed by atoms with E-state index in [9.17, 15) is 14.4 Å². The number of benzene rings is 1. The maximum atomic E-state index is 12.8. The van der Waals surface area contributed by atoms with Crippen LogP contribution in [-0.4, -0.2) is 42.9 Å². The summed E-state index contributed by atoms with van der Waals surface area (Å²) in [4.78, 5) is 39.2. The van der Waals surface area contributed by atoms with Gasteiger partial charge in [-0.05, 0) is 44.7 Å². The van der Waals surface area contributed by atoms with Crippen LogP contribution >= 0.6 is 0 Å². The monoisotopic (exact) mass is 346 g/mol. The molecule has 0 spiro atoms. The van der Waals surface area contributed by atoms with Gasteiger partial charge in [-0.1, -0.05) is 19.1 Å². The number of amides is 2.